The highest BCUT2D eigenvalue weighted by Gasteiger charge is 2.12. The molecule has 214 valence electrons. The number of ether oxygens (including phenoxy) is 4. The molecule has 7 nitrogen and oxygen atoms in total. The van der Waals surface area contributed by atoms with E-state index in [1.165, 1.54) is 0 Å². The Bertz CT molecular complexity index is 1290. The van der Waals surface area contributed by atoms with Gasteiger partial charge in [-0.3, -0.25) is 0 Å². The number of carbonyl (C=O) groups excluding carboxylic acids is 3. The molecule has 0 fully saturated rings. The summed E-state index contributed by atoms with van der Waals surface area (Å²) in [7, 11) is 0. The van der Waals surface area contributed by atoms with Gasteiger partial charge in [0.25, 0.3) is 0 Å². The zero-order valence-corrected chi connectivity index (χ0v) is 23.2. The van der Waals surface area contributed by atoms with Crippen molar-refractivity contribution in [2.75, 3.05) is 13.2 Å². The van der Waals surface area contributed by atoms with E-state index in [1.54, 1.807) is 36.4 Å². The van der Waals surface area contributed by atoms with E-state index in [4.69, 9.17) is 18.9 Å². The maximum Gasteiger partial charge on any atom is 0.343 e. The minimum Gasteiger partial charge on any atom is -0.494 e. The quantitative estimate of drug-likeness (QED) is 0.0552. The molecule has 0 N–H and O–H groups in total. The SMILES string of the molecule is C=CC(=O)OCCCCCCOc1ccc(C(=O)Oc2ccc(COc3ccc(CCC=O)cc3)cc2C=C)cc1. The van der Waals surface area contributed by atoms with Crippen LogP contribution in [0, 0.1) is 0 Å². The summed E-state index contributed by atoms with van der Waals surface area (Å²) < 4.78 is 22.2. The topological polar surface area (TPSA) is 88.1 Å². The largest absolute Gasteiger partial charge is 0.494 e. The highest BCUT2D eigenvalue weighted by molar-refractivity contribution is 5.91. The summed E-state index contributed by atoms with van der Waals surface area (Å²) in [4.78, 5) is 34.3. The molecular formula is C34H36O7. The molecule has 3 aromatic carbocycles. The van der Waals surface area contributed by atoms with Crippen LogP contribution < -0.4 is 14.2 Å². The van der Waals surface area contributed by atoms with Gasteiger partial charge in [0.15, 0.2) is 0 Å². The van der Waals surface area contributed by atoms with Crippen molar-refractivity contribution >= 4 is 24.3 Å². The van der Waals surface area contributed by atoms with Crippen molar-refractivity contribution in [3.05, 3.63) is 108 Å². The monoisotopic (exact) mass is 556 g/mol. The molecule has 0 aromatic heterocycles. The van der Waals surface area contributed by atoms with E-state index in [0.29, 0.717) is 55.3 Å². The summed E-state index contributed by atoms with van der Waals surface area (Å²) in [5.74, 6) is 0.941. The molecule has 0 saturated carbocycles. The lowest BCUT2D eigenvalue weighted by atomic mass is 10.1. The summed E-state index contributed by atoms with van der Waals surface area (Å²) in [5, 5.41) is 0. The Hall–Kier alpha value is -4.65. The van der Waals surface area contributed by atoms with Crippen LogP contribution in [0.1, 0.15) is 59.2 Å². The first kappa shape index (κ1) is 30.9. The highest BCUT2D eigenvalue weighted by atomic mass is 16.5. The Morgan fingerprint density at radius 1 is 0.756 bits per heavy atom. The predicted octanol–water partition coefficient (Wildman–Crippen LogP) is 6.93. The molecule has 3 rings (SSSR count). The molecule has 0 saturated heterocycles. The Kier molecular flexibility index (Phi) is 12.9. The first-order chi connectivity index (χ1) is 20.0. The van der Waals surface area contributed by atoms with Crippen LogP contribution in [0.3, 0.4) is 0 Å². The van der Waals surface area contributed by atoms with Crippen molar-refractivity contribution < 1.29 is 33.3 Å². The number of aldehydes is 1. The molecule has 3 aromatic rings. The van der Waals surface area contributed by atoms with Crippen LogP contribution >= 0.6 is 0 Å². The Balaban J connectivity index is 1.43. The summed E-state index contributed by atoms with van der Waals surface area (Å²) >= 11 is 0. The molecule has 0 aliphatic carbocycles. The minimum atomic E-state index is -0.476. The third-order valence-corrected chi connectivity index (χ3v) is 6.18. The third-order valence-electron chi connectivity index (χ3n) is 6.18. The van der Waals surface area contributed by atoms with Crippen molar-refractivity contribution in [2.24, 2.45) is 0 Å². The Labute approximate surface area is 241 Å². The molecule has 0 heterocycles. The lowest BCUT2D eigenvalue weighted by molar-refractivity contribution is -0.137. The molecule has 41 heavy (non-hydrogen) atoms. The van der Waals surface area contributed by atoms with Gasteiger partial charge in [0.05, 0.1) is 18.8 Å². The van der Waals surface area contributed by atoms with Gasteiger partial charge in [0.1, 0.15) is 30.1 Å². The van der Waals surface area contributed by atoms with E-state index < -0.39 is 11.9 Å². The first-order valence-corrected chi connectivity index (χ1v) is 13.7. The number of benzene rings is 3. The maximum atomic E-state index is 12.8. The summed E-state index contributed by atoms with van der Waals surface area (Å²) in [6.45, 7) is 8.51. The van der Waals surface area contributed by atoms with Gasteiger partial charge in [-0.25, -0.2) is 9.59 Å². The second-order valence-corrected chi connectivity index (χ2v) is 9.26. The summed E-state index contributed by atoms with van der Waals surface area (Å²) in [5.41, 5.74) is 3.08. The van der Waals surface area contributed by atoms with Gasteiger partial charge in [0, 0.05) is 18.1 Å². The van der Waals surface area contributed by atoms with E-state index >= 15 is 0 Å². The minimum absolute atomic E-state index is 0.343. The number of carbonyl (C=O) groups is 3. The predicted molar refractivity (Wildman–Crippen MR) is 158 cm³/mol. The van der Waals surface area contributed by atoms with Crippen LogP contribution in [0.5, 0.6) is 17.2 Å². The Morgan fingerprint density at radius 2 is 1.41 bits per heavy atom. The standard InChI is InChI=1S/C34H36O7/c1-3-28-24-27(25-40-31-16-11-26(12-17-31)10-9-21-35)13-20-32(28)41-34(37)29-14-18-30(19-15-29)38-22-7-5-6-8-23-39-33(36)4-2/h3-4,11-21,24H,1-2,5-10,22-23,25H2. The number of esters is 2. The zero-order valence-electron chi connectivity index (χ0n) is 23.2. The first-order valence-electron chi connectivity index (χ1n) is 13.7. The van der Waals surface area contributed by atoms with E-state index in [2.05, 4.69) is 13.2 Å². The van der Waals surface area contributed by atoms with E-state index in [9.17, 15) is 14.4 Å². The fourth-order valence-electron chi connectivity index (χ4n) is 3.91. The molecule has 0 amide bonds. The number of aryl methyl sites for hydroxylation is 1. The van der Waals surface area contributed by atoms with Crippen molar-refractivity contribution in [1.82, 2.24) is 0 Å². The fraction of sp³-hybridized carbons (Fsp3) is 0.265. The van der Waals surface area contributed by atoms with E-state index in [1.807, 2.05) is 36.4 Å². The van der Waals surface area contributed by atoms with Crippen molar-refractivity contribution in [2.45, 2.75) is 45.1 Å². The van der Waals surface area contributed by atoms with Crippen molar-refractivity contribution in [3.8, 4) is 17.2 Å². The number of hydrogen-bond donors (Lipinski definition) is 0. The lowest BCUT2D eigenvalue weighted by Crippen LogP contribution is -2.09. The molecule has 0 atom stereocenters. The van der Waals surface area contributed by atoms with Gasteiger partial charge in [-0.1, -0.05) is 37.4 Å². The third kappa shape index (κ3) is 10.8. The number of rotatable bonds is 18. The molecule has 7 heteroatoms. The second kappa shape index (κ2) is 17.1. The second-order valence-electron chi connectivity index (χ2n) is 9.26. The molecule has 0 bridgehead atoms. The zero-order chi connectivity index (χ0) is 29.3. The maximum absolute atomic E-state index is 12.8. The van der Waals surface area contributed by atoms with E-state index in [0.717, 1.165) is 54.9 Å². The van der Waals surface area contributed by atoms with Crippen molar-refractivity contribution in [1.29, 1.82) is 0 Å². The van der Waals surface area contributed by atoms with Gasteiger partial charge in [-0.15, -0.1) is 0 Å². The molecule has 0 unspecified atom stereocenters. The van der Waals surface area contributed by atoms with Gasteiger partial charge in [-0.2, -0.15) is 0 Å². The fourth-order valence-corrected chi connectivity index (χ4v) is 3.91. The van der Waals surface area contributed by atoms with Crippen LogP contribution in [0.25, 0.3) is 6.08 Å². The van der Waals surface area contributed by atoms with Gasteiger partial charge >= 0.3 is 11.9 Å². The van der Waals surface area contributed by atoms with Crippen molar-refractivity contribution in [3.63, 3.8) is 0 Å². The van der Waals surface area contributed by atoms with Crippen LogP contribution in [0.15, 0.2) is 86.0 Å². The van der Waals surface area contributed by atoms with Crippen LogP contribution in [0.2, 0.25) is 0 Å². The van der Waals surface area contributed by atoms with Crippen LogP contribution in [0.4, 0.5) is 0 Å². The Morgan fingerprint density at radius 3 is 2.10 bits per heavy atom. The molecule has 0 aliphatic rings. The molecule has 0 aliphatic heterocycles. The normalized spacial score (nSPS) is 10.3. The molecular weight excluding hydrogens is 520 g/mol. The molecule has 0 spiro atoms. The molecule has 0 radical (unpaired) electrons. The van der Waals surface area contributed by atoms with Gasteiger partial charge in [-0.05, 0) is 91.8 Å². The average molecular weight is 557 g/mol. The lowest BCUT2D eigenvalue weighted by Gasteiger charge is -2.12. The number of unbranched alkanes of at least 4 members (excludes halogenated alkanes) is 3. The summed E-state index contributed by atoms with van der Waals surface area (Å²) in [6, 6.07) is 20.0. The highest BCUT2D eigenvalue weighted by Crippen LogP contribution is 2.24. The average Bonchev–Trinajstić information content (AvgIpc) is 3.01. The van der Waals surface area contributed by atoms with Gasteiger partial charge < -0.3 is 23.7 Å². The number of hydrogen-bond acceptors (Lipinski definition) is 7. The van der Waals surface area contributed by atoms with E-state index in [-0.39, 0.29) is 0 Å². The smallest absolute Gasteiger partial charge is 0.343 e. The van der Waals surface area contributed by atoms with Crippen LogP contribution in [-0.2, 0) is 27.4 Å². The summed E-state index contributed by atoms with van der Waals surface area (Å²) in [6.07, 6.45) is 8.51. The van der Waals surface area contributed by atoms with Crippen LogP contribution in [-0.4, -0.2) is 31.4 Å². The van der Waals surface area contributed by atoms with Gasteiger partial charge in [0.2, 0.25) is 0 Å².